The molecule has 0 atom stereocenters. The zero-order valence-corrected chi connectivity index (χ0v) is 24.1. The third-order valence-electron chi connectivity index (χ3n) is 6.09. The summed E-state index contributed by atoms with van der Waals surface area (Å²) in [5, 5.41) is 0.638. The largest absolute Gasteiger partial charge is 0.476 e. The Labute approximate surface area is 229 Å². The molecule has 2 amide bonds. The number of carbonyl (C=O) groups excluding carboxylic acids is 2. The molecule has 204 valence electrons. The summed E-state index contributed by atoms with van der Waals surface area (Å²) in [5.41, 5.74) is 3.09. The Balaban J connectivity index is 1.67. The summed E-state index contributed by atoms with van der Waals surface area (Å²) in [4.78, 5) is 33.3. The standard InChI is InChI=1S/C29H36ClN3O5/c1-9-36-27(34)29(5,6)38-25-18(2)14-21(15-19(25)3)16-32(7)28(35)33(8)17-24-20(4)37-26(31-24)22-10-12-23(30)13-11-22/h10-15H,9,16-17H2,1-8H3. The molecule has 0 aliphatic heterocycles. The number of halogens is 1. The molecule has 1 aromatic heterocycles. The molecule has 3 aromatic rings. The zero-order chi connectivity index (χ0) is 28.2. The summed E-state index contributed by atoms with van der Waals surface area (Å²) in [6.45, 7) is 11.8. The molecule has 0 radical (unpaired) electrons. The lowest BCUT2D eigenvalue weighted by molar-refractivity contribution is -0.158. The van der Waals surface area contributed by atoms with E-state index in [1.165, 1.54) is 0 Å². The lowest BCUT2D eigenvalue weighted by atomic mass is 10.0. The predicted octanol–water partition coefficient (Wildman–Crippen LogP) is 6.32. The Morgan fingerprint density at radius 2 is 1.58 bits per heavy atom. The summed E-state index contributed by atoms with van der Waals surface area (Å²) in [5.74, 6) is 1.36. The van der Waals surface area contributed by atoms with Crippen LogP contribution in [0.4, 0.5) is 4.79 Å². The highest BCUT2D eigenvalue weighted by molar-refractivity contribution is 6.30. The number of oxazole rings is 1. The van der Waals surface area contributed by atoms with Crippen LogP contribution < -0.4 is 4.74 Å². The van der Waals surface area contributed by atoms with Crippen molar-refractivity contribution in [2.75, 3.05) is 20.7 Å². The maximum absolute atomic E-state index is 13.1. The van der Waals surface area contributed by atoms with Crippen molar-refractivity contribution >= 4 is 23.6 Å². The highest BCUT2D eigenvalue weighted by atomic mass is 35.5. The third-order valence-corrected chi connectivity index (χ3v) is 6.34. The van der Waals surface area contributed by atoms with Crippen LogP contribution >= 0.6 is 11.6 Å². The topological polar surface area (TPSA) is 85.1 Å². The lowest BCUT2D eigenvalue weighted by Crippen LogP contribution is -2.40. The Bertz CT molecular complexity index is 1280. The normalized spacial score (nSPS) is 11.3. The van der Waals surface area contributed by atoms with E-state index in [2.05, 4.69) is 4.98 Å². The zero-order valence-electron chi connectivity index (χ0n) is 23.3. The number of hydrogen-bond donors (Lipinski definition) is 0. The van der Waals surface area contributed by atoms with Crippen LogP contribution in [0.3, 0.4) is 0 Å². The number of esters is 1. The molecule has 1 heterocycles. The fourth-order valence-corrected chi connectivity index (χ4v) is 4.24. The molecule has 0 fully saturated rings. The van der Waals surface area contributed by atoms with E-state index in [-0.39, 0.29) is 12.6 Å². The van der Waals surface area contributed by atoms with Gasteiger partial charge in [0.05, 0.1) is 13.2 Å². The first kappa shape index (κ1) is 29.0. The molecule has 9 heteroatoms. The summed E-state index contributed by atoms with van der Waals surface area (Å²) in [6, 6.07) is 11.0. The quantitative estimate of drug-likeness (QED) is 0.294. The van der Waals surface area contributed by atoms with Gasteiger partial charge in [-0.1, -0.05) is 23.7 Å². The van der Waals surface area contributed by atoms with Crippen LogP contribution in [0.5, 0.6) is 5.75 Å². The van der Waals surface area contributed by atoms with Crippen molar-refractivity contribution in [3.63, 3.8) is 0 Å². The van der Waals surface area contributed by atoms with Crippen LogP contribution in [0.1, 0.15) is 48.9 Å². The highest BCUT2D eigenvalue weighted by Crippen LogP contribution is 2.30. The molecule has 0 spiro atoms. The molecule has 3 rings (SSSR count). The van der Waals surface area contributed by atoms with Crippen LogP contribution in [0.25, 0.3) is 11.5 Å². The maximum atomic E-state index is 13.1. The molecule has 0 saturated heterocycles. The van der Waals surface area contributed by atoms with Crippen molar-refractivity contribution in [3.05, 3.63) is 69.6 Å². The van der Waals surface area contributed by atoms with E-state index in [0.717, 1.165) is 22.3 Å². The van der Waals surface area contributed by atoms with Gasteiger partial charge in [-0.2, -0.15) is 0 Å². The van der Waals surface area contributed by atoms with Crippen LogP contribution in [-0.2, 0) is 22.6 Å². The number of nitrogens with zero attached hydrogens (tertiary/aromatic N) is 3. The minimum absolute atomic E-state index is 0.153. The van der Waals surface area contributed by atoms with E-state index in [4.69, 9.17) is 25.5 Å². The molecule has 8 nitrogen and oxygen atoms in total. The van der Waals surface area contributed by atoms with Gasteiger partial charge in [0.2, 0.25) is 5.89 Å². The van der Waals surface area contributed by atoms with E-state index in [1.54, 1.807) is 56.8 Å². The van der Waals surface area contributed by atoms with E-state index < -0.39 is 11.6 Å². The second-order valence-electron chi connectivity index (χ2n) is 9.92. The first-order valence-electron chi connectivity index (χ1n) is 12.5. The number of rotatable bonds is 9. The first-order chi connectivity index (χ1) is 17.8. The van der Waals surface area contributed by atoms with Crippen molar-refractivity contribution in [2.24, 2.45) is 0 Å². The molecule has 0 aliphatic carbocycles. The highest BCUT2D eigenvalue weighted by Gasteiger charge is 2.32. The fraction of sp³-hybridized carbons (Fsp3) is 0.414. The van der Waals surface area contributed by atoms with E-state index >= 15 is 0 Å². The summed E-state index contributed by atoms with van der Waals surface area (Å²) >= 11 is 5.98. The number of ether oxygens (including phenoxy) is 2. The van der Waals surface area contributed by atoms with Crippen molar-refractivity contribution in [1.29, 1.82) is 0 Å². The van der Waals surface area contributed by atoms with E-state index in [0.29, 0.717) is 41.2 Å². The number of aryl methyl sites for hydroxylation is 3. The molecule has 0 saturated carbocycles. The van der Waals surface area contributed by atoms with Crippen LogP contribution in [-0.4, -0.2) is 53.1 Å². The van der Waals surface area contributed by atoms with Crippen molar-refractivity contribution < 1.29 is 23.5 Å². The summed E-state index contributed by atoms with van der Waals surface area (Å²) in [7, 11) is 3.49. The molecule has 38 heavy (non-hydrogen) atoms. The number of urea groups is 1. The van der Waals surface area contributed by atoms with Gasteiger partial charge in [0.1, 0.15) is 17.2 Å². The van der Waals surface area contributed by atoms with Gasteiger partial charge < -0.3 is 23.7 Å². The van der Waals surface area contributed by atoms with E-state index in [1.807, 2.05) is 45.0 Å². The average molecular weight is 542 g/mol. The Hall–Kier alpha value is -3.52. The third kappa shape index (κ3) is 6.86. The van der Waals surface area contributed by atoms with Crippen molar-refractivity contribution in [2.45, 2.75) is 60.2 Å². The van der Waals surface area contributed by atoms with Crippen LogP contribution in [0.15, 0.2) is 40.8 Å². The van der Waals surface area contributed by atoms with Crippen LogP contribution in [0.2, 0.25) is 5.02 Å². The average Bonchev–Trinajstić information content (AvgIpc) is 3.21. The lowest BCUT2D eigenvalue weighted by Gasteiger charge is -2.27. The van der Waals surface area contributed by atoms with Gasteiger partial charge in [0, 0.05) is 31.2 Å². The molecule has 2 aromatic carbocycles. The molecule has 0 N–H and O–H groups in total. The second-order valence-corrected chi connectivity index (χ2v) is 10.4. The molecular formula is C29H36ClN3O5. The summed E-state index contributed by atoms with van der Waals surface area (Å²) in [6.07, 6.45) is 0. The SMILES string of the molecule is CCOC(=O)C(C)(C)Oc1c(C)cc(CN(C)C(=O)N(C)Cc2nc(-c3ccc(Cl)cc3)oc2C)cc1C. The van der Waals surface area contributed by atoms with Gasteiger partial charge in [-0.15, -0.1) is 0 Å². The van der Waals surface area contributed by atoms with Crippen LogP contribution in [0, 0.1) is 20.8 Å². The number of benzene rings is 2. The van der Waals surface area contributed by atoms with Crippen molar-refractivity contribution in [3.8, 4) is 17.2 Å². The maximum Gasteiger partial charge on any atom is 0.349 e. The molecule has 0 aliphatic rings. The Morgan fingerprint density at radius 3 is 2.16 bits per heavy atom. The number of amides is 2. The van der Waals surface area contributed by atoms with Gasteiger partial charge in [0.15, 0.2) is 5.60 Å². The smallest absolute Gasteiger partial charge is 0.349 e. The Kier molecular flexibility index (Phi) is 9.09. The van der Waals surface area contributed by atoms with Gasteiger partial charge in [-0.05, 0) is 82.5 Å². The summed E-state index contributed by atoms with van der Waals surface area (Å²) < 4.78 is 17.0. The minimum Gasteiger partial charge on any atom is -0.476 e. The monoisotopic (exact) mass is 541 g/mol. The van der Waals surface area contributed by atoms with Gasteiger partial charge in [0.25, 0.3) is 0 Å². The van der Waals surface area contributed by atoms with Gasteiger partial charge >= 0.3 is 12.0 Å². The number of carbonyl (C=O) groups is 2. The second kappa shape index (κ2) is 11.9. The molecule has 0 unspecified atom stereocenters. The molecular weight excluding hydrogens is 506 g/mol. The predicted molar refractivity (Wildman–Crippen MR) is 147 cm³/mol. The number of aromatic nitrogens is 1. The number of hydrogen-bond acceptors (Lipinski definition) is 6. The fourth-order valence-electron chi connectivity index (χ4n) is 4.11. The molecule has 0 bridgehead atoms. The van der Waals surface area contributed by atoms with E-state index in [9.17, 15) is 9.59 Å². The van der Waals surface area contributed by atoms with Gasteiger partial charge in [-0.3, -0.25) is 0 Å². The Morgan fingerprint density at radius 1 is 1.00 bits per heavy atom. The van der Waals surface area contributed by atoms with Crippen molar-refractivity contribution in [1.82, 2.24) is 14.8 Å². The first-order valence-corrected chi connectivity index (χ1v) is 12.8. The minimum atomic E-state index is -1.12. The van der Waals surface area contributed by atoms with Gasteiger partial charge in [-0.25, -0.2) is 14.6 Å².